The molecule has 0 saturated heterocycles. The summed E-state index contributed by atoms with van der Waals surface area (Å²) in [6.07, 6.45) is 0.835. The van der Waals surface area contributed by atoms with Crippen LogP contribution in [-0.4, -0.2) is 82.1 Å². The summed E-state index contributed by atoms with van der Waals surface area (Å²) in [5, 5.41) is 26.4. The Hall–Kier alpha value is -2.38. The van der Waals surface area contributed by atoms with E-state index in [9.17, 15) is 34.2 Å². The van der Waals surface area contributed by atoms with Gasteiger partial charge in [-0.15, -0.1) is 0 Å². The first kappa shape index (κ1) is 30.6. The smallest absolute Gasteiger partial charge is 0.326 e. The molecule has 0 aromatic carbocycles. The van der Waals surface area contributed by atoms with Crippen molar-refractivity contribution in [2.45, 2.75) is 76.7 Å². The van der Waals surface area contributed by atoms with Crippen molar-refractivity contribution in [2.24, 2.45) is 17.4 Å². The fourth-order valence-electron chi connectivity index (χ4n) is 2.75. The second-order valence-electron chi connectivity index (χ2n) is 7.89. The van der Waals surface area contributed by atoms with E-state index in [1.165, 1.54) is 18.7 Å². The van der Waals surface area contributed by atoms with Crippen LogP contribution in [0.1, 0.15) is 46.5 Å². The summed E-state index contributed by atoms with van der Waals surface area (Å²) in [5.74, 6) is -3.92. The molecule has 9 N–H and O–H groups in total. The lowest BCUT2D eigenvalue weighted by Gasteiger charge is -2.27. The number of hydrogen-bond acceptors (Lipinski definition) is 8. The normalized spacial score (nSPS) is 16.4. The molecule has 4 amide bonds. The summed E-state index contributed by atoms with van der Waals surface area (Å²) in [5.41, 5.74) is 11.0. The average Bonchev–Trinajstić information content (AvgIpc) is 2.75. The van der Waals surface area contributed by atoms with Crippen LogP contribution in [0.15, 0.2) is 0 Å². The van der Waals surface area contributed by atoms with Crippen molar-refractivity contribution in [1.82, 2.24) is 16.0 Å². The molecule has 0 aliphatic carbocycles. The summed E-state index contributed by atoms with van der Waals surface area (Å²) in [6.45, 7) is 4.94. The van der Waals surface area contributed by atoms with Gasteiger partial charge >= 0.3 is 5.97 Å². The fourth-order valence-corrected chi connectivity index (χ4v) is 3.22. The van der Waals surface area contributed by atoms with Crippen LogP contribution < -0.4 is 27.4 Å². The summed E-state index contributed by atoms with van der Waals surface area (Å²) >= 11 is 1.45. The van der Waals surface area contributed by atoms with Crippen LogP contribution in [-0.2, 0) is 24.0 Å². The van der Waals surface area contributed by atoms with Crippen molar-refractivity contribution in [1.29, 1.82) is 0 Å². The molecule has 13 heteroatoms. The average molecular weight is 492 g/mol. The van der Waals surface area contributed by atoms with Crippen LogP contribution in [0.4, 0.5) is 0 Å². The van der Waals surface area contributed by atoms with Gasteiger partial charge in [-0.2, -0.15) is 11.8 Å². The first-order valence-corrected chi connectivity index (χ1v) is 12.1. The van der Waals surface area contributed by atoms with Crippen LogP contribution in [0.25, 0.3) is 0 Å². The first-order chi connectivity index (χ1) is 15.3. The van der Waals surface area contributed by atoms with Gasteiger partial charge < -0.3 is 37.6 Å². The van der Waals surface area contributed by atoms with Crippen molar-refractivity contribution >= 4 is 41.4 Å². The van der Waals surface area contributed by atoms with E-state index >= 15 is 0 Å². The van der Waals surface area contributed by atoms with Crippen molar-refractivity contribution < 1.29 is 34.2 Å². The third-order valence-electron chi connectivity index (χ3n) is 5.16. The van der Waals surface area contributed by atoms with E-state index in [1.54, 1.807) is 0 Å². The lowest BCUT2D eigenvalue weighted by atomic mass is 9.99. The van der Waals surface area contributed by atoms with E-state index < -0.39 is 59.9 Å². The minimum absolute atomic E-state index is 0.112. The van der Waals surface area contributed by atoms with Crippen molar-refractivity contribution in [3.05, 3.63) is 0 Å². The highest BCUT2D eigenvalue weighted by atomic mass is 32.2. The Morgan fingerprint density at radius 3 is 1.97 bits per heavy atom. The van der Waals surface area contributed by atoms with Crippen LogP contribution >= 0.6 is 11.8 Å². The summed E-state index contributed by atoms with van der Waals surface area (Å²) < 4.78 is 0. The Morgan fingerprint density at radius 2 is 1.52 bits per heavy atom. The van der Waals surface area contributed by atoms with Gasteiger partial charge in [0.25, 0.3) is 0 Å². The first-order valence-electron chi connectivity index (χ1n) is 10.7. The monoisotopic (exact) mass is 491 g/mol. The third kappa shape index (κ3) is 11.3. The zero-order valence-corrected chi connectivity index (χ0v) is 20.3. The number of carboxylic acid groups (broad SMARTS) is 1. The Morgan fingerprint density at radius 1 is 0.939 bits per heavy atom. The standard InChI is InChI=1S/C20H37N5O7S/c1-5-10(2)15(22)18(29)23-12(8-9-33-4)17(28)25-16(11(3)26)19(30)24-13(20(31)32)6-7-14(21)27/h10-13,15-16,26H,5-9,22H2,1-4H3,(H2,21,27)(H,23,29)(H,24,30)(H,25,28)(H,31,32). The molecule has 0 aromatic heterocycles. The molecule has 0 aliphatic heterocycles. The number of carbonyl (C=O) groups is 5. The maximum atomic E-state index is 12.9. The van der Waals surface area contributed by atoms with Gasteiger partial charge in [0.15, 0.2) is 0 Å². The number of aliphatic hydroxyl groups excluding tert-OH is 1. The highest BCUT2D eigenvalue weighted by Crippen LogP contribution is 2.08. The number of carbonyl (C=O) groups excluding carboxylic acids is 4. The molecular formula is C20H37N5O7S. The fraction of sp³-hybridized carbons (Fsp3) is 0.750. The maximum Gasteiger partial charge on any atom is 0.326 e. The number of hydrogen-bond donors (Lipinski definition) is 7. The molecule has 6 atom stereocenters. The van der Waals surface area contributed by atoms with Gasteiger partial charge in [-0.1, -0.05) is 20.3 Å². The molecule has 6 unspecified atom stereocenters. The lowest BCUT2D eigenvalue weighted by molar-refractivity contribution is -0.143. The van der Waals surface area contributed by atoms with E-state index in [-0.39, 0.29) is 25.2 Å². The number of primary amides is 1. The molecule has 0 fully saturated rings. The number of aliphatic hydroxyl groups is 1. The van der Waals surface area contributed by atoms with Crippen LogP contribution in [0, 0.1) is 5.92 Å². The number of nitrogens with one attached hydrogen (secondary N) is 3. The molecular weight excluding hydrogens is 454 g/mol. The van der Waals surface area contributed by atoms with Gasteiger partial charge in [0.05, 0.1) is 12.1 Å². The predicted molar refractivity (Wildman–Crippen MR) is 124 cm³/mol. The number of thioether (sulfide) groups is 1. The second kappa shape index (κ2) is 15.5. The van der Waals surface area contributed by atoms with Crippen molar-refractivity contribution in [3.8, 4) is 0 Å². The van der Waals surface area contributed by atoms with E-state index in [0.717, 1.165) is 0 Å². The lowest BCUT2D eigenvalue weighted by Crippen LogP contribution is -2.60. The van der Waals surface area contributed by atoms with Gasteiger partial charge in [0.2, 0.25) is 23.6 Å². The number of amides is 4. The topological polar surface area (TPSA) is 214 Å². The largest absolute Gasteiger partial charge is 0.480 e. The van der Waals surface area contributed by atoms with E-state index in [0.29, 0.717) is 12.2 Å². The maximum absolute atomic E-state index is 12.9. The third-order valence-corrected chi connectivity index (χ3v) is 5.80. The molecule has 0 aromatic rings. The summed E-state index contributed by atoms with van der Waals surface area (Å²) in [6, 6.07) is -4.77. The quantitative estimate of drug-likeness (QED) is 0.131. The van der Waals surface area contributed by atoms with Gasteiger partial charge in [0, 0.05) is 6.42 Å². The Labute approximate surface area is 198 Å². The zero-order valence-electron chi connectivity index (χ0n) is 19.5. The molecule has 190 valence electrons. The van der Waals surface area contributed by atoms with Crippen LogP contribution in [0.5, 0.6) is 0 Å². The minimum atomic E-state index is -1.50. The predicted octanol–water partition coefficient (Wildman–Crippen LogP) is -1.70. The zero-order chi connectivity index (χ0) is 25.7. The Bertz CT molecular complexity index is 692. The highest BCUT2D eigenvalue weighted by Gasteiger charge is 2.33. The minimum Gasteiger partial charge on any atom is -0.480 e. The molecule has 0 rings (SSSR count). The van der Waals surface area contributed by atoms with Crippen LogP contribution in [0.3, 0.4) is 0 Å². The van der Waals surface area contributed by atoms with Crippen molar-refractivity contribution in [2.75, 3.05) is 12.0 Å². The van der Waals surface area contributed by atoms with E-state index in [1.807, 2.05) is 20.1 Å². The molecule has 0 spiro atoms. The SMILES string of the molecule is CCC(C)C(N)C(=O)NC(CCSC)C(=O)NC(C(=O)NC(CCC(N)=O)C(=O)O)C(C)O. The van der Waals surface area contributed by atoms with Gasteiger partial charge in [-0.3, -0.25) is 19.2 Å². The van der Waals surface area contributed by atoms with Gasteiger partial charge in [0.1, 0.15) is 18.1 Å². The molecule has 33 heavy (non-hydrogen) atoms. The molecule has 0 bridgehead atoms. The number of aliphatic carboxylic acids is 1. The van der Waals surface area contributed by atoms with Gasteiger partial charge in [-0.25, -0.2) is 4.79 Å². The Kier molecular flexibility index (Phi) is 14.3. The van der Waals surface area contributed by atoms with Gasteiger partial charge in [-0.05, 0) is 37.7 Å². The second-order valence-corrected chi connectivity index (χ2v) is 8.87. The highest BCUT2D eigenvalue weighted by molar-refractivity contribution is 7.98. The molecule has 0 heterocycles. The molecule has 0 radical (unpaired) electrons. The van der Waals surface area contributed by atoms with E-state index in [2.05, 4.69) is 16.0 Å². The Balaban J connectivity index is 5.41. The molecule has 0 saturated carbocycles. The molecule has 0 aliphatic rings. The molecule has 12 nitrogen and oxygen atoms in total. The number of nitrogens with two attached hydrogens (primary N) is 2. The number of carboxylic acids is 1. The van der Waals surface area contributed by atoms with E-state index in [4.69, 9.17) is 11.5 Å². The van der Waals surface area contributed by atoms with Crippen molar-refractivity contribution in [3.63, 3.8) is 0 Å². The summed E-state index contributed by atoms with van der Waals surface area (Å²) in [4.78, 5) is 60.2. The number of rotatable bonds is 16. The van der Waals surface area contributed by atoms with Crippen LogP contribution in [0.2, 0.25) is 0 Å². The summed E-state index contributed by atoms with van der Waals surface area (Å²) in [7, 11) is 0.